The monoisotopic (exact) mass is 369 g/mol. The molecular formula is C20H23N3O2S. The van der Waals surface area contributed by atoms with Crippen LogP contribution in [0.4, 0.5) is 0 Å². The minimum absolute atomic E-state index is 0.00393. The summed E-state index contributed by atoms with van der Waals surface area (Å²) in [5.41, 5.74) is 2.17. The maximum atomic E-state index is 12.3. The number of para-hydroxylation sites is 2. The Hall–Kier alpha value is -2.18. The third-order valence-electron chi connectivity index (χ3n) is 4.84. The van der Waals surface area contributed by atoms with E-state index in [0.717, 1.165) is 58.9 Å². The molecule has 136 valence electrons. The van der Waals surface area contributed by atoms with E-state index < -0.39 is 0 Å². The van der Waals surface area contributed by atoms with Gasteiger partial charge in [-0.2, -0.15) is 0 Å². The Morgan fingerprint density at radius 3 is 3.04 bits per heavy atom. The van der Waals surface area contributed by atoms with Crippen LogP contribution in [0.1, 0.15) is 45.7 Å². The highest BCUT2D eigenvalue weighted by atomic mass is 32.1. The minimum Gasteiger partial charge on any atom is -0.373 e. The molecule has 1 N–H and O–H groups in total. The molecule has 6 heteroatoms. The predicted molar refractivity (Wildman–Crippen MR) is 104 cm³/mol. The zero-order valence-electron chi connectivity index (χ0n) is 14.9. The number of carbonyl (C=O) groups excluding carboxylic acids is 1. The van der Waals surface area contributed by atoms with Gasteiger partial charge in [0.15, 0.2) is 0 Å². The first kappa shape index (κ1) is 17.2. The molecule has 0 unspecified atom stereocenters. The van der Waals surface area contributed by atoms with E-state index in [0.29, 0.717) is 6.54 Å². The van der Waals surface area contributed by atoms with Crippen molar-refractivity contribution in [3.63, 3.8) is 0 Å². The van der Waals surface area contributed by atoms with Crippen LogP contribution in [-0.4, -0.2) is 28.6 Å². The molecule has 0 radical (unpaired) electrons. The molecule has 1 aliphatic rings. The molecule has 3 heterocycles. The Balaban J connectivity index is 1.29. The van der Waals surface area contributed by atoms with E-state index in [4.69, 9.17) is 4.74 Å². The van der Waals surface area contributed by atoms with E-state index in [9.17, 15) is 4.79 Å². The van der Waals surface area contributed by atoms with E-state index in [1.807, 2.05) is 37.4 Å². The van der Waals surface area contributed by atoms with Crippen molar-refractivity contribution in [1.82, 2.24) is 14.9 Å². The van der Waals surface area contributed by atoms with Crippen molar-refractivity contribution >= 4 is 28.3 Å². The highest BCUT2D eigenvalue weighted by molar-refractivity contribution is 7.14. The number of aryl methyl sites for hydroxylation is 2. The number of rotatable bonds is 6. The van der Waals surface area contributed by atoms with Crippen LogP contribution in [0.15, 0.2) is 36.4 Å². The first-order chi connectivity index (χ1) is 12.7. The van der Waals surface area contributed by atoms with Crippen molar-refractivity contribution in [3.05, 3.63) is 52.0 Å². The lowest BCUT2D eigenvalue weighted by Crippen LogP contribution is -2.24. The fourth-order valence-corrected chi connectivity index (χ4v) is 4.41. The first-order valence-electron chi connectivity index (χ1n) is 9.12. The number of aromatic nitrogens is 2. The van der Waals surface area contributed by atoms with Crippen molar-refractivity contribution < 1.29 is 9.53 Å². The van der Waals surface area contributed by atoms with Crippen LogP contribution >= 0.6 is 11.3 Å². The summed E-state index contributed by atoms with van der Waals surface area (Å²) in [6, 6.07) is 12.1. The number of hydrogen-bond acceptors (Lipinski definition) is 4. The van der Waals surface area contributed by atoms with Crippen molar-refractivity contribution in [2.45, 2.75) is 31.8 Å². The number of amides is 1. The molecule has 1 atom stereocenters. The molecule has 1 saturated heterocycles. The molecule has 1 fully saturated rings. The van der Waals surface area contributed by atoms with E-state index in [2.05, 4.69) is 20.9 Å². The van der Waals surface area contributed by atoms with E-state index >= 15 is 0 Å². The van der Waals surface area contributed by atoms with Crippen LogP contribution in [0.25, 0.3) is 11.0 Å². The van der Waals surface area contributed by atoms with Gasteiger partial charge in [-0.15, -0.1) is 11.3 Å². The number of ether oxygens (including phenoxy) is 1. The topological polar surface area (TPSA) is 56.2 Å². The van der Waals surface area contributed by atoms with Gasteiger partial charge in [0, 0.05) is 31.5 Å². The van der Waals surface area contributed by atoms with E-state index in [1.54, 1.807) is 11.3 Å². The molecule has 3 aromatic rings. The van der Waals surface area contributed by atoms with Gasteiger partial charge in [-0.3, -0.25) is 4.79 Å². The second-order valence-electron chi connectivity index (χ2n) is 6.64. The number of nitrogens with one attached hydrogen (secondary N) is 1. The predicted octanol–water partition coefficient (Wildman–Crippen LogP) is 3.85. The zero-order chi connectivity index (χ0) is 17.9. The molecule has 1 aliphatic heterocycles. The largest absolute Gasteiger partial charge is 0.373 e. The molecule has 0 saturated carbocycles. The highest BCUT2D eigenvalue weighted by Gasteiger charge is 2.20. The number of nitrogens with zero attached hydrogens (tertiary/aromatic N) is 2. The Bertz CT molecular complexity index is 909. The summed E-state index contributed by atoms with van der Waals surface area (Å²) < 4.78 is 7.81. The lowest BCUT2D eigenvalue weighted by atomic mass is 10.2. The summed E-state index contributed by atoms with van der Waals surface area (Å²) in [6.07, 6.45) is 4.05. The molecule has 0 aliphatic carbocycles. The average molecular weight is 369 g/mol. The van der Waals surface area contributed by atoms with Crippen LogP contribution < -0.4 is 5.32 Å². The maximum absolute atomic E-state index is 12.3. The van der Waals surface area contributed by atoms with Crippen molar-refractivity contribution in [3.8, 4) is 0 Å². The summed E-state index contributed by atoms with van der Waals surface area (Å²) in [4.78, 5) is 18.9. The molecule has 0 spiro atoms. The summed E-state index contributed by atoms with van der Waals surface area (Å²) in [6.45, 7) is 1.47. The van der Waals surface area contributed by atoms with Crippen LogP contribution in [0, 0.1) is 0 Å². The standard InChI is InChI=1S/C20H23N3O2S/c1-23-15-7-3-2-6-14(15)22-19(23)9-4-12-21-20(24)18-11-10-17(26-18)16-8-5-13-25-16/h2-3,6-7,10-11,16H,4-5,8-9,12-13H2,1H3,(H,21,24)/t16-/m0/s1. The minimum atomic E-state index is 0.00393. The van der Waals surface area contributed by atoms with Gasteiger partial charge in [0.1, 0.15) is 5.82 Å². The maximum Gasteiger partial charge on any atom is 0.261 e. The molecule has 1 amide bonds. The van der Waals surface area contributed by atoms with E-state index in [-0.39, 0.29) is 12.0 Å². The van der Waals surface area contributed by atoms with Gasteiger partial charge in [0.2, 0.25) is 0 Å². The number of thiophene rings is 1. The van der Waals surface area contributed by atoms with Gasteiger partial charge in [0.25, 0.3) is 5.91 Å². The summed E-state index contributed by atoms with van der Waals surface area (Å²) in [7, 11) is 2.04. The quantitative estimate of drug-likeness (QED) is 0.672. The Kier molecular flexibility index (Phi) is 5.04. The molecule has 2 aromatic heterocycles. The molecular weight excluding hydrogens is 346 g/mol. The van der Waals surface area contributed by atoms with Gasteiger partial charge >= 0.3 is 0 Å². The molecule has 0 bridgehead atoms. The van der Waals surface area contributed by atoms with Crippen molar-refractivity contribution in [2.75, 3.05) is 13.2 Å². The Labute approximate surface area is 157 Å². The summed E-state index contributed by atoms with van der Waals surface area (Å²) in [5.74, 6) is 1.06. The normalized spacial score (nSPS) is 17.0. The van der Waals surface area contributed by atoms with Gasteiger partial charge < -0.3 is 14.6 Å². The van der Waals surface area contributed by atoms with Crippen molar-refractivity contribution in [1.29, 1.82) is 0 Å². The Morgan fingerprint density at radius 2 is 2.23 bits per heavy atom. The third kappa shape index (κ3) is 3.52. The second-order valence-corrected chi connectivity index (χ2v) is 7.75. The van der Waals surface area contributed by atoms with Crippen molar-refractivity contribution in [2.24, 2.45) is 7.05 Å². The highest BCUT2D eigenvalue weighted by Crippen LogP contribution is 2.33. The lowest BCUT2D eigenvalue weighted by molar-refractivity contribution is 0.0957. The number of carbonyl (C=O) groups is 1. The molecule has 5 nitrogen and oxygen atoms in total. The number of benzene rings is 1. The van der Waals surface area contributed by atoms with Crippen LogP contribution in [-0.2, 0) is 18.2 Å². The number of fused-ring (bicyclic) bond motifs is 1. The number of imidazole rings is 1. The van der Waals surface area contributed by atoms with Crippen LogP contribution in [0.3, 0.4) is 0 Å². The smallest absolute Gasteiger partial charge is 0.261 e. The molecule has 4 rings (SSSR count). The number of hydrogen-bond donors (Lipinski definition) is 1. The van der Waals surface area contributed by atoms with Gasteiger partial charge in [-0.1, -0.05) is 12.1 Å². The van der Waals surface area contributed by atoms with Gasteiger partial charge in [-0.25, -0.2) is 4.98 Å². The second kappa shape index (κ2) is 7.60. The molecule has 1 aromatic carbocycles. The average Bonchev–Trinajstić information content (AvgIpc) is 3.39. The first-order valence-corrected chi connectivity index (χ1v) is 9.94. The fourth-order valence-electron chi connectivity index (χ4n) is 3.40. The Morgan fingerprint density at radius 1 is 1.35 bits per heavy atom. The van der Waals surface area contributed by atoms with Crippen LogP contribution in [0.5, 0.6) is 0 Å². The fraction of sp³-hybridized carbons (Fsp3) is 0.400. The zero-order valence-corrected chi connectivity index (χ0v) is 15.7. The summed E-state index contributed by atoms with van der Waals surface area (Å²) >= 11 is 1.54. The molecule has 26 heavy (non-hydrogen) atoms. The third-order valence-corrected chi connectivity index (χ3v) is 6.02. The van der Waals surface area contributed by atoms with Crippen LogP contribution in [0.2, 0.25) is 0 Å². The van der Waals surface area contributed by atoms with Gasteiger partial charge in [-0.05, 0) is 43.5 Å². The van der Waals surface area contributed by atoms with E-state index in [1.165, 1.54) is 0 Å². The van der Waals surface area contributed by atoms with Gasteiger partial charge in [0.05, 0.1) is 22.0 Å². The SMILES string of the molecule is Cn1c(CCCNC(=O)c2ccc([C@@H]3CCCO3)s2)nc2ccccc21. The summed E-state index contributed by atoms with van der Waals surface area (Å²) in [5, 5.41) is 3.02. The lowest BCUT2D eigenvalue weighted by Gasteiger charge is -2.06.